The Kier molecular flexibility index (Phi) is 12.5. The summed E-state index contributed by atoms with van der Waals surface area (Å²) in [6.45, 7) is 15.2. The Bertz CT molecular complexity index is 601. The van der Waals surface area contributed by atoms with Gasteiger partial charge < -0.3 is 25.0 Å². The van der Waals surface area contributed by atoms with Crippen LogP contribution in [0.1, 0.15) is 51.2 Å². The van der Waals surface area contributed by atoms with Crippen molar-refractivity contribution in [2.24, 2.45) is 10.9 Å². The minimum atomic E-state index is 0.609. The fourth-order valence-electron chi connectivity index (χ4n) is 3.58. The molecule has 1 aromatic rings. The van der Waals surface area contributed by atoms with E-state index in [0.29, 0.717) is 26.4 Å². The predicted octanol–water partition coefficient (Wildman–Crippen LogP) is 3.42. The van der Waals surface area contributed by atoms with Crippen molar-refractivity contribution in [2.75, 3.05) is 52.5 Å². The Morgan fingerprint density at radius 2 is 1.87 bits per heavy atom. The lowest BCUT2D eigenvalue weighted by Crippen LogP contribution is -2.39. The van der Waals surface area contributed by atoms with E-state index < -0.39 is 0 Å². The maximum atomic E-state index is 5.67. The van der Waals surface area contributed by atoms with E-state index in [9.17, 15) is 0 Å². The smallest absolute Gasteiger partial charge is 0.191 e. The summed E-state index contributed by atoms with van der Waals surface area (Å²) in [5.41, 5.74) is 2.37. The van der Waals surface area contributed by atoms with E-state index in [4.69, 9.17) is 14.5 Å². The van der Waals surface area contributed by atoms with Crippen LogP contribution in [0.5, 0.6) is 0 Å². The van der Waals surface area contributed by atoms with E-state index in [1.54, 1.807) is 0 Å². The zero-order valence-electron chi connectivity index (χ0n) is 19.3. The lowest BCUT2D eigenvalue weighted by molar-refractivity contribution is 0.0453. The second-order valence-electron chi connectivity index (χ2n) is 8.07. The molecule has 0 aromatic heterocycles. The third-order valence-electron chi connectivity index (χ3n) is 5.42. The van der Waals surface area contributed by atoms with Crippen molar-refractivity contribution >= 4 is 5.96 Å². The second-order valence-corrected chi connectivity index (χ2v) is 8.07. The van der Waals surface area contributed by atoms with Gasteiger partial charge in [0.25, 0.3) is 0 Å². The average molecular weight is 419 g/mol. The molecule has 1 saturated heterocycles. The molecule has 2 N–H and O–H groups in total. The predicted molar refractivity (Wildman–Crippen MR) is 125 cm³/mol. The quantitative estimate of drug-likeness (QED) is 0.292. The van der Waals surface area contributed by atoms with E-state index in [1.807, 2.05) is 6.92 Å². The number of nitrogens with zero attached hydrogens (tertiary/aromatic N) is 2. The van der Waals surface area contributed by atoms with Gasteiger partial charge in [0.1, 0.15) is 0 Å². The van der Waals surface area contributed by atoms with Crippen LogP contribution in [0.25, 0.3) is 0 Å². The Balaban J connectivity index is 1.71. The molecule has 1 heterocycles. The molecule has 0 unspecified atom stereocenters. The molecule has 1 fully saturated rings. The molecule has 0 bridgehead atoms. The van der Waals surface area contributed by atoms with Crippen molar-refractivity contribution in [3.8, 4) is 0 Å². The van der Waals surface area contributed by atoms with Crippen LogP contribution < -0.4 is 10.6 Å². The lowest BCUT2D eigenvalue weighted by Gasteiger charge is -2.30. The van der Waals surface area contributed by atoms with Crippen molar-refractivity contribution in [2.45, 2.75) is 53.2 Å². The van der Waals surface area contributed by atoms with Crippen LogP contribution >= 0.6 is 0 Å². The van der Waals surface area contributed by atoms with E-state index in [1.165, 1.54) is 43.6 Å². The van der Waals surface area contributed by atoms with Gasteiger partial charge in [-0.05, 0) is 69.8 Å². The highest BCUT2D eigenvalue weighted by atomic mass is 16.5. The van der Waals surface area contributed by atoms with E-state index in [2.05, 4.69) is 53.6 Å². The van der Waals surface area contributed by atoms with Gasteiger partial charge in [-0.15, -0.1) is 0 Å². The fourth-order valence-corrected chi connectivity index (χ4v) is 3.58. The Labute approximate surface area is 183 Å². The topological polar surface area (TPSA) is 58.1 Å². The summed E-state index contributed by atoms with van der Waals surface area (Å²) < 4.78 is 11.0. The van der Waals surface area contributed by atoms with Gasteiger partial charge in [0.2, 0.25) is 0 Å². The maximum absolute atomic E-state index is 5.67. The highest BCUT2D eigenvalue weighted by molar-refractivity contribution is 5.79. The molecular formula is C24H42N4O2. The SMILES string of the molecule is CCNC(=NCc1cccc(COCCOCC)c1)NCCCN1CCC(C)CC1. The van der Waals surface area contributed by atoms with Crippen LogP contribution in [0.3, 0.4) is 0 Å². The number of piperidine rings is 1. The minimum absolute atomic E-state index is 0.609. The molecule has 0 aliphatic carbocycles. The van der Waals surface area contributed by atoms with Gasteiger partial charge in [0.05, 0.1) is 26.4 Å². The number of ether oxygens (including phenoxy) is 2. The third-order valence-corrected chi connectivity index (χ3v) is 5.42. The molecule has 0 spiro atoms. The first-order chi connectivity index (χ1) is 14.7. The summed E-state index contributed by atoms with van der Waals surface area (Å²) in [6.07, 6.45) is 3.83. The van der Waals surface area contributed by atoms with E-state index >= 15 is 0 Å². The zero-order valence-corrected chi connectivity index (χ0v) is 19.3. The van der Waals surface area contributed by atoms with Crippen molar-refractivity contribution in [1.29, 1.82) is 0 Å². The highest BCUT2D eigenvalue weighted by Crippen LogP contribution is 2.15. The number of hydrogen-bond acceptors (Lipinski definition) is 4. The van der Waals surface area contributed by atoms with Crippen molar-refractivity contribution < 1.29 is 9.47 Å². The zero-order chi connectivity index (χ0) is 21.4. The first-order valence-electron chi connectivity index (χ1n) is 11.7. The summed E-state index contributed by atoms with van der Waals surface area (Å²) in [5, 5.41) is 6.83. The molecule has 0 saturated carbocycles. The number of hydrogen-bond donors (Lipinski definition) is 2. The number of rotatable bonds is 13. The minimum Gasteiger partial charge on any atom is -0.379 e. The average Bonchev–Trinajstić information content (AvgIpc) is 2.76. The number of likely N-dealkylation sites (tertiary alicyclic amines) is 1. The Morgan fingerprint density at radius 3 is 2.63 bits per heavy atom. The molecule has 6 nitrogen and oxygen atoms in total. The molecule has 1 aliphatic heterocycles. The largest absolute Gasteiger partial charge is 0.379 e. The molecule has 0 atom stereocenters. The summed E-state index contributed by atoms with van der Waals surface area (Å²) in [5.74, 6) is 1.79. The lowest BCUT2D eigenvalue weighted by atomic mass is 9.99. The Hall–Kier alpha value is -1.63. The van der Waals surface area contributed by atoms with Crippen LogP contribution in [0.15, 0.2) is 29.3 Å². The molecule has 0 amide bonds. The third kappa shape index (κ3) is 10.4. The van der Waals surface area contributed by atoms with E-state index in [0.717, 1.165) is 38.0 Å². The summed E-state index contributed by atoms with van der Waals surface area (Å²) in [6, 6.07) is 8.46. The van der Waals surface area contributed by atoms with Gasteiger partial charge in [0.15, 0.2) is 5.96 Å². The van der Waals surface area contributed by atoms with Crippen LogP contribution in [-0.2, 0) is 22.6 Å². The molecular weight excluding hydrogens is 376 g/mol. The van der Waals surface area contributed by atoms with Crippen LogP contribution in [0.4, 0.5) is 0 Å². The maximum Gasteiger partial charge on any atom is 0.191 e. The van der Waals surface area contributed by atoms with Gasteiger partial charge >= 0.3 is 0 Å². The summed E-state index contributed by atoms with van der Waals surface area (Å²) >= 11 is 0. The normalized spacial score (nSPS) is 16.0. The van der Waals surface area contributed by atoms with Crippen molar-refractivity contribution in [1.82, 2.24) is 15.5 Å². The van der Waals surface area contributed by atoms with Crippen LogP contribution in [-0.4, -0.2) is 63.4 Å². The van der Waals surface area contributed by atoms with Crippen LogP contribution in [0.2, 0.25) is 0 Å². The number of aliphatic imine (C=N–C) groups is 1. The number of benzene rings is 1. The molecule has 0 radical (unpaired) electrons. The van der Waals surface area contributed by atoms with Gasteiger partial charge in [-0.1, -0.05) is 31.2 Å². The fraction of sp³-hybridized carbons (Fsp3) is 0.708. The molecule has 170 valence electrons. The standard InChI is InChI=1S/C24H42N4O2/c1-4-25-24(26-12-7-13-28-14-10-21(3)11-15-28)27-19-22-8-6-9-23(18-22)20-30-17-16-29-5-2/h6,8-9,18,21H,4-5,7,10-17,19-20H2,1-3H3,(H2,25,26,27). The monoisotopic (exact) mass is 418 g/mol. The molecule has 1 aromatic carbocycles. The number of guanidine groups is 1. The molecule has 2 rings (SSSR count). The Morgan fingerprint density at radius 1 is 1.10 bits per heavy atom. The molecule has 1 aliphatic rings. The summed E-state index contributed by atoms with van der Waals surface area (Å²) in [4.78, 5) is 7.35. The van der Waals surface area contributed by atoms with Gasteiger partial charge in [-0.2, -0.15) is 0 Å². The van der Waals surface area contributed by atoms with E-state index in [-0.39, 0.29) is 0 Å². The summed E-state index contributed by atoms with van der Waals surface area (Å²) in [7, 11) is 0. The number of nitrogens with one attached hydrogen (secondary N) is 2. The van der Waals surface area contributed by atoms with Gasteiger partial charge in [0, 0.05) is 19.7 Å². The van der Waals surface area contributed by atoms with Crippen LogP contribution in [0, 0.1) is 5.92 Å². The molecule has 30 heavy (non-hydrogen) atoms. The van der Waals surface area contributed by atoms with Gasteiger partial charge in [-0.3, -0.25) is 0 Å². The first kappa shape index (κ1) is 24.6. The van der Waals surface area contributed by atoms with Crippen molar-refractivity contribution in [3.63, 3.8) is 0 Å². The second kappa shape index (κ2) is 15.2. The first-order valence-corrected chi connectivity index (χ1v) is 11.7. The van der Waals surface area contributed by atoms with Gasteiger partial charge in [-0.25, -0.2) is 4.99 Å². The van der Waals surface area contributed by atoms with Crippen molar-refractivity contribution in [3.05, 3.63) is 35.4 Å². The molecule has 6 heteroatoms. The highest BCUT2D eigenvalue weighted by Gasteiger charge is 2.14.